The lowest BCUT2D eigenvalue weighted by molar-refractivity contribution is 0.574. The maximum Gasteiger partial charge on any atom is 0.134 e. The van der Waals surface area contributed by atoms with Crippen molar-refractivity contribution in [1.82, 2.24) is 5.32 Å². The standard InChI is InChI=1S/C13H14FNO/c1-9(15-2)11-6-5-10(14)8-12(11)13-4-3-7-16-13/h3-9,15H,1-2H3. The molecule has 84 valence electrons. The Morgan fingerprint density at radius 2 is 2.12 bits per heavy atom. The average molecular weight is 219 g/mol. The molecular formula is C13H14FNO. The SMILES string of the molecule is CNC(C)c1ccc(F)cc1-c1ccco1. The van der Waals surface area contributed by atoms with Gasteiger partial charge in [0.1, 0.15) is 11.6 Å². The van der Waals surface area contributed by atoms with Crippen LogP contribution >= 0.6 is 0 Å². The fraction of sp³-hybridized carbons (Fsp3) is 0.231. The normalized spacial score (nSPS) is 12.7. The predicted octanol–water partition coefficient (Wildman–Crippen LogP) is 3.37. The highest BCUT2D eigenvalue weighted by Gasteiger charge is 2.13. The summed E-state index contributed by atoms with van der Waals surface area (Å²) in [5.41, 5.74) is 1.82. The van der Waals surface area contributed by atoms with Crippen molar-refractivity contribution in [3.05, 3.63) is 48.0 Å². The van der Waals surface area contributed by atoms with Crippen molar-refractivity contribution in [2.24, 2.45) is 0 Å². The second-order valence-electron chi connectivity index (χ2n) is 3.72. The molecule has 3 heteroatoms. The van der Waals surface area contributed by atoms with Gasteiger partial charge in [0.2, 0.25) is 0 Å². The molecule has 0 aliphatic carbocycles. The topological polar surface area (TPSA) is 25.2 Å². The molecule has 16 heavy (non-hydrogen) atoms. The van der Waals surface area contributed by atoms with Gasteiger partial charge in [-0.1, -0.05) is 6.07 Å². The van der Waals surface area contributed by atoms with Crippen molar-refractivity contribution in [2.45, 2.75) is 13.0 Å². The number of hydrogen-bond donors (Lipinski definition) is 1. The number of hydrogen-bond acceptors (Lipinski definition) is 2. The molecule has 1 heterocycles. The van der Waals surface area contributed by atoms with Crippen LogP contribution < -0.4 is 5.32 Å². The van der Waals surface area contributed by atoms with Crippen LogP contribution in [-0.4, -0.2) is 7.05 Å². The molecule has 1 unspecified atom stereocenters. The quantitative estimate of drug-likeness (QED) is 0.856. The highest BCUT2D eigenvalue weighted by atomic mass is 19.1. The van der Waals surface area contributed by atoms with E-state index >= 15 is 0 Å². The minimum atomic E-state index is -0.251. The Kier molecular flexibility index (Phi) is 3.06. The Morgan fingerprint density at radius 3 is 2.75 bits per heavy atom. The maximum absolute atomic E-state index is 13.2. The summed E-state index contributed by atoms with van der Waals surface area (Å²) in [6.07, 6.45) is 1.59. The third kappa shape index (κ3) is 1.99. The maximum atomic E-state index is 13.2. The van der Waals surface area contributed by atoms with Gasteiger partial charge < -0.3 is 9.73 Å². The first kappa shape index (κ1) is 10.9. The van der Waals surface area contributed by atoms with E-state index in [1.807, 2.05) is 20.0 Å². The molecule has 0 aliphatic rings. The van der Waals surface area contributed by atoms with Crippen molar-refractivity contribution in [3.63, 3.8) is 0 Å². The van der Waals surface area contributed by atoms with E-state index in [0.29, 0.717) is 5.76 Å². The molecular weight excluding hydrogens is 205 g/mol. The van der Waals surface area contributed by atoms with Crippen LogP contribution in [0.15, 0.2) is 41.0 Å². The zero-order valence-electron chi connectivity index (χ0n) is 9.33. The van der Waals surface area contributed by atoms with E-state index in [1.54, 1.807) is 18.4 Å². The second kappa shape index (κ2) is 4.49. The molecule has 2 aromatic rings. The molecule has 0 amide bonds. The Morgan fingerprint density at radius 1 is 1.31 bits per heavy atom. The monoisotopic (exact) mass is 219 g/mol. The first-order chi connectivity index (χ1) is 7.72. The lowest BCUT2D eigenvalue weighted by Gasteiger charge is -2.14. The molecule has 1 aromatic heterocycles. The molecule has 1 N–H and O–H groups in total. The van der Waals surface area contributed by atoms with E-state index in [2.05, 4.69) is 5.32 Å². The van der Waals surface area contributed by atoms with E-state index in [-0.39, 0.29) is 11.9 Å². The fourth-order valence-corrected chi connectivity index (χ4v) is 1.71. The first-order valence-electron chi connectivity index (χ1n) is 5.23. The third-order valence-corrected chi connectivity index (χ3v) is 2.70. The Bertz CT molecular complexity index is 465. The van der Waals surface area contributed by atoms with Gasteiger partial charge in [-0.2, -0.15) is 0 Å². The Labute approximate surface area is 94.1 Å². The molecule has 0 fully saturated rings. The van der Waals surface area contributed by atoms with Gasteiger partial charge in [-0.05, 0) is 43.8 Å². The summed E-state index contributed by atoms with van der Waals surface area (Å²) in [7, 11) is 1.87. The van der Waals surface area contributed by atoms with Crippen molar-refractivity contribution in [3.8, 4) is 11.3 Å². The minimum absolute atomic E-state index is 0.153. The Hall–Kier alpha value is -1.61. The van der Waals surface area contributed by atoms with Gasteiger partial charge in [0, 0.05) is 11.6 Å². The van der Waals surface area contributed by atoms with Gasteiger partial charge in [0.25, 0.3) is 0 Å². The summed E-state index contributed by atoms with van der Waals surface area (Å²) < 4.78 is 18.6. The summed E-state index contributed by atoms with van der Waals surface area (Å²) in [5.74, 6) is 0.440. The molecule has 0 spiro atoms. The highest BCUT2D eigenvalue weighted by Crippen LogP contribution is 2.29. The summed E-state index contributed by atoms with van der Waals surface area (Å²) >= 11 is 0. The van der Waals surface area contributed by atoms with Crippen LogP contribution in [0.2, 0.25) is 0 Å². The molecule has 0 bridgehead atoms. The van der Waals surface area contributed by atoms with Gasteiger partial charge in [0.05, 0.1) is 6.26 Å². The lowest BCUT2D eigenvalue weighted by Crippen LogP contribution is -2.13. The zero-order valence-corrected chi connectivity index (χ0v) is 9.33. The van der Waals surface area contributed by atoms with Crippen LogP contribution in [0.5, 0.6) is 0 Å². The molecule has 0 saturated heterocycles. The van der Waals surface area contributed by atoms with E-state index in [0.717, 1.165) is 11.1 Å². The second-order valence-corrected chi connectivity index (χ2v) is 3.72. The summed E-state index contributed by atoms with van der Waals surface area (Å²) in [4.78, 5) is 0. The molecule has 1 atom stereocenters. The van der Waals surface area contributed by atoms with Crippen molar-refractivity contribution in [1.29, 1.82) is 0 Å². The first-order valence-corrected chi connectivity index (χ1v) is 5.23. The number of benzene rings is 1. The summed E-state index contributed by atoms with van der Waals surface area (Å²) in [6.45, 7) is 2.03. The largest absolute Gasteiger partial charge is 0.464 e. The van der Waals surface area contributed by atoms with Crippen LogP contribution in [0.1, 0.15) is 18.5 Å². The van der Waals surface area contributed by atoms with E-state index < -0.39 is 0 Å². The number of rotatable bonds is 3. The number of nitrogens with one attached hydrogen (secondary N) is 1. The lowest BCUT2D eigenvalue weighted by atomic mass is 9.99. The number of halogens is 1. The predicted molar refractivity (Wildman–Crippen MR) is 61.6 cm³/mol. The van der Waals surface area contributed by atoms with Crippen LogP contribution in [0.4, 0.5) is 4.39 Å². The van der Waals surface area contributed by atoms with Crippen molar-refractivity contribution < 1.29 is 8.81 Å². The summed E-state index contributed by atoms with van der Waals surface area (Å²) in [6, 6.07) is 8.54. The molecule has 1 aromatic carbocycles. The Balaban J connectivity index is 2.53. The number of furan rings is 1. The van der Waals surface area contributed by atoms with Crippen LogP contribution in [0, 0.1) is 5.82 Å². The van der Waals surface area contributed by atoms with Crippen molar-refractivity contribution >= 4 is 0 Å². The fourth-order valence-electron chi connectivity index (χ4n) is 1.71. The third-order valence-electron chi connectivity index (χ3n) is 2.70. The highest BCUT2D eigenvalue weighted by molar-refractivity contribution is 5.63. The van der Waals surface area contributed by atoms with Crippen LogP contribution in [0.3, 0.4) is 0 Å². The minimum Gasteiger partial charge on any atom is -0.464 e. The molecule has 0 radical (unpaired) electrons. The van der Waals surface area contributed by atoms with E-state index in [1.165, 1.54) is 12.1 Å². The molecule has 0 aliphatic heterocycles. The van der Waals surface area contributed by atoms with Gasteiger partial charge in [-0.25, -0.2) is 4.39 Å². The van der Waals surface area contributed by atoms with Gasteiger partial charge in [-0.15, -0.1) is 0 Å². The molecule has 0 saturated carbocycles. The van der Waals surface area contributed by atoms with Crippen LogP contribution in [0.25, 0.3) is 11.3 Å². The van der Waals surface area contributed by atoms with Crippen LogP contribution in [-0.2, 0) is 0 Å². The average Bonchev–Trinajstić information content (AvgIpc) is 2.81. The van der Waals surface area contributed by atoms with Crippen molar-refractivity contribution in [2.75, 3.05) is 7.05 Å². The van der Waals surface area contributed by atoms with Gasteiger partial charge in [-0.3, -0.25) is 0 Å². The van der Waals surface area contributed by atoms with Gasteiger partial charge in [0.15, 0.2) is 0 Å². The summed E-state index contributed by atoms with van der Waals surface area (Å²) in [5, 5.41) is 3.14. The molecule has 2 nitrogen and oxygen atoms in total. The smallest absolute Gasteiger partial charge is 0.134 e. The zero-order chi connectivity index (χ0) is 11.5. The van der Waals surface area contributed by atoms with E-state index in [9.17, 15) is 4.39 Å². The van der Waals surface area contributed by atoms with Gasteiger partial charge >= 0.3 is 0 Å². The molecule has 2 rings (SSSR count). The van der Waals surface area contributed by atoms with E-state index in [4.69, 9.17) is 4.42 Å².